The molecule has 4 heterocycles. The van der Waals surface area contributed by atoms with Crippen LogP contribution in [0.25, 0.3) is 0 Å². The summed E-state index contributed by atoms with van der Waals surface area (Å²) in [6.45, 7) is 16.3. The molecule has 0 aromatic heterocycles. The highest BCUT2D eigenvalue weighted by Crippen LogP contribution is 2.45. The largest absolute Gasteiger partial charge is 0.497 e. The van der Waals surface area contributed by atoms with Crippen molar-refractivity contribution in [1.29, 1.82) is 0 Å². The lowest BCUT2D eigenvalue weighted by Gasteiger charge is -2.39. The minimum atomic E-state index is -0.773. The summed E-state index contributed by atoms with van der Waals surface area (Å²) < 4.78 is 21.4. The highest BCUT2D eigenvalue weighted by Gasteiger charge is 2.50. The van der Waals surface area contributed by atoms with E-state index < -0.39 is 29.3 Å². The summed E-state index contributed by atoms with van der Waals surface area (Å²) in [5, 5.41) is 19.0. The average Bonchev–Trinajstić information content (AvgIpc) is 3.71. The number of carbonyl (C=O) groups is 4. The van der Waals surface area contributed by atoms with Crippen LogP contribution >= 0.6 is 0 Å². The van der Waals surface area contributed by atoms with E-state index in [4.69, 9.17) is 18.9 Å². The van der Waals surface area contributed by atoms with E-state index >= 15 is 0 Å². The first-order chi connectivity index (χ1) is 27.7. The van der Waals surface area contributed by atoms with Crippen molar-refractivity contribution in [3.63, 3.8) is 0 Å². The van der Waals surface area contributed by atoms with Crippen LogP contribution in [0.3, 0.4) is 0 Å². The number of piperidine rings is 2. The number of nitrogens with zero attached hydrogens (tertiary/aromatic N) is 4. The lowest BCUT2D eigenvalue weighted by molar-refractivity contribution is -0.142. The summed E-state index contributed by atoms with van der Waals surface area (Å²) in [6, 6.07) is 14.7. The van der Waals surface area contributed by atoms with Gasteiger partial charge in [-0.2, -0.15) is 0 Å². The van der Waals surface area contributed by atoms with Crippen LogP contribution in [0.1, 0.15) is 91.2 Å². The Morgan fingerprint density at radius 2 is 1.00 bits per heavy atom. The number of aliphatic carboxylic acids is 1. The van der Waals surface area contributed by atoms with Gasteiger partial charge in [0.05, 0.1) is 20.3 Å². The first kappa shape index (κ1) is 45.5. The molecular weight excluding hydrogens is 759 g/mol. The van der Waals surface area contributed by atoms with E-state index in [1.807, 2.05) is 95.6 Å². The number of ether oxygens (including phenoxy) is 4. The van der Waals surface area contributed by atoms with Crippen LogP contribution in [0.4, 0.5) is 9.59 Å². The molecule has 15 heteroatoms. The zero-order valence-electron chi connectivity index (χ0n) is 36.1. The molecule has 0 saturated carbocycles. The van der Waals surface area contributed by atoms with Crippen molar-refractivity contribution < 1.29 is 48.4 Å². The van der Waals surface area contributed by atoms with Crippen LogP contribution in [0.2, 0.25) is 0 Å². The summed E-state index contributed by atoms with van der Waals surface area (Å²) in [5.41, 5.74) is 2.84. The Kier molecular flexibility index (Phi) is 14.5. The molecule has 0 aliphatic carbocycles. The molecule has 0 bridgehead atoms. The standard InChI is InChI=1S/C22H33N3O5.C22H32N2O5/c1-21(2,3)30-20(27)24-11-9-22(10-12-24)13-18(19(26)23-28)25(15-22)14-16-5-7-17(29-4)8-6-16;1-21(2,3)29-20(27)23-11-9-22(10-12-23)13-18(19(25)26)24(15-22)14-16-5-7-17(28-4)8-6-16/h5-8,18,28H,9-15H2,1-4H3,(H,23,26);5-8,18H,9-15H2,1-4H3,(H,25,26). The van der Waals surface area contributed by atoms with E-state index in [1.165, 1.54) is 0 Å². The van der Waals surface area contributed by atoms with Crippen molar-refractivity contribution in [3.05, 3.63) is 59.7 Å². The average molecular weight is 824 g/mol. The number of hydroxylamine groups is 1. The van der Waals surface area contributed by atoms with Crippen molar-refractivity contribution >= 4 is 24.1 Å². The summed E-state index contributed by atoms with van der Waals surface area (Å²) >= 11 is 0. The zero-order valence-corrected chi connectivity index (χ0v) is 36.1. The number of carbonyl (C=O) groups excluding carboxylic acids is 3. The van der Waals surface area contributed by atoms with E-state index in [0.717, 1.165) is 61.4 Å². The molecule has 3 N–H and O–H groups in total. The minimum absolute atomic E-state index is 0.0534. The maximum absolute atomic E-state index is 12.4. The number of nitrogens with one attached hydrogen (secondary N) is 1. The summed E-state index contributed by atoms with van der Waals surface area (Å²) in [7, 11) is 3.26. The Hall–Kier alpha value is -4.60. The van der Waals surface area contributed by atoms with E-state index in [2.05, 4.69) is 9.80 Å². The van der Waals surface area contributed by atoms with Gasteiger partial charge in [0.2, 0.25) is 0 Å². The summed E-state index contributed by atoms with van der Waals surface area (Å²) in [5.74, 6) is 0.423. The molecule has 2 aromatic carbocycles. The number of likely N-dealkylation sites (tertiary alicyclic amines) is 4. The normalized spacial score (nSPS) is 21.7. The molecule has 0 radical (unpaired) electrons. The third-order valence-corrected chi connectivity index (χ3v) is 12.0. The molecule has 6 rings (SSSR count). The minimum Gasteiger partial charge on any atom is -0.497 e. The Balaban J connectivity index is 0.000000224. The van der Waals surface area contributed by atoms with E-state index in [1.54, 1.807) is 24.0 Å². The van der Waals surface area contributed by atoms with Crippen molar-refractivity contribution in [2.75, 3.05) is 53.5 Å². The summed E-state index contributed by atoms with van der Waals surface area (Å²) in [6.07, 6.45) is 3.94. The first-order valence-corrected chi connectivity index (χ1v) is 20.6. The molecule has 4 fully saturated rings. The zero-order chi connectivity index (χ0) is 43.2. The SMILES string of the molecule is COc1ccc(CN2CC3(CCN(C(=O)OC(C)(C)C)CC3)CC2C(=O)NO)cc1.COc1ccc(CN2CC3(CCN(C(=O)OC(C)(C)C)CC3)CC2C(=O)O)cc1. The Labute approximate surface area is 348 Å². The molecule has 4 aliphatic heterocycles. The molecule has 59 heavy (non-hydrogen) atoms. The number of carboxylic acids is 1. The Morgan fingerprint density at radius 1 is 0.644 bits per heavy atom. The smallest absolute Gasteiger partial charge is 0.410 e. The maximum atomic E-state index is 12.4. The second-order valence-corrected chi connectivity index (χ2v) is 18.7. The molecule has 2 unspecified atom stereocenters. The van der Waals surface area contributed by atoms with E-state index in [9.17, 15) is 29.5 Å². The van der Waals surface area contributed by atoms with Crippen LogP contribution in [-0.2, 0) is 32.2 Å². The predicted molar refractivity (Wildman–Crippen MR) is 220 cm³/mol. The molecular formula is C44H65N5O10. The van der Waals surface area contributed by atoms with Gasteiger partial charge >= 0.3 is 18.2 Å². The number of amides is 3. The van der Waals surface area contributed by atoms with E-state index in [-0.39, 0.29) is 28.9 Å². The fourth-order valence-electron chi connectivity index (χ4n) is 8.83. The topological polar surface area (TPSA) is 171 Å². The van der Waals surface area contributed by atoms with Gasteiger partial charge in [-0.1, -0.05) is 24.3 Å². The number of benzene rings is 2. The van der Waals surface area contributed by atoms with Crippen LogP contribution in [-0.4, -0.2) is 131 Å². The van der Waals surface area contributed by atoms with Gasteiger partial charge in [0.25, 0.3) is 5.91 Å². The van der Waals surface area contributed by atoms with Gasteiger partial charge in [0, 0.05) is 52.4 Å². The van der Waals surface area contributed by atoms with Gasteiger partial charge in [-0.15, -0.1) is 0 Å². The fourth-order valence-corrected chi connectivity index (χ4v) is 8.83. The van der Waals surface area contributed by atoms with Crippen molar-refractivity contribution in [2.24, 2.45) is 10.8 Å². The Bertz CT molecular complexity index is 1740. The number of hydrogen-bond donors (Lipinski definition) is 3. The molecule has 4 saturated heterocycles. The van der Waals surface area contributed by atoms with Crippen molar-refractivity contribution in [2.45, 2.75) is 116 Å². The molecule has 2 atom stereocenters. The highest BCUT2D eigenvalue weighted by atomic mass is 16.6. The summed E-state index contributed by atoms with van der Waals surface area (Å²) in [4.78, 5) is 56.7. The van der Waals surface area contributed by atoms with Crippen LogP contribution < -0.4 is 15.0 Å². The lowest BCUT2D eigenvalue weighted by Crippen LogP contribution is -2.46. The highest BCUT2D eigenvalue weighted by molar-refractivity contribution is 5.81. The van der Waals surface area contributed by atoms with Crippen molar-refractivity contribution in [3.8, 4) is 11.5 Å². The predicted octanol–water partition coefficient (Wildman–Crippen LogP) is 6.16. The molecule has 2 aromatic rings. The molecule has 326 valence electrons. The Morgan fingerprint density at radius 3 is 1.32 bits per heavy atom. The first-order valence-electron chi connectivity index (χ1n) is 20.6. The number of hydrogen-bond acceptors (Lipinski definition) is 11. The fraction of sp³-hybridized carbons (Fsp3) is 0.636. The molecule has 3 amide bonds. The van der Waals surface area contributed by atoms with Gasteiger partial charge in [0.1, 0.15) is 28.7 Å². The third kappa shape index (κ3) is 12.2. The van der Waals surface area contributed by atoms with Gasteiger partial charge in [-0.3, -0.25) is 24.6 Å². The van der Waals surface area contributed by atoms with Crippen LogP contribution in [0.15, 0.2) is 48.5 Å². The van der Waals surface area contributed by atoms with Crippen LogP contribution in [0.5, 0.6) is 11.5 Å². The van der Waals surface area contributed by atoms with Gasteiger partial charge in [0.15, 0.2) is 0 Å². The number of rotatable bonds is 8. The molecule has 2 spiro atoms. The van der Waals surface area contributed by atoms with Crippen molar-refractivity contribution in [1.82, 2.24) is 25.1 Å². The number of carboxylic acid groups (broad SMARTS) is 1. The monoisotopic (exact) mass is 823 g/mol. The van der Waals surface area contributed by atoms with Gasteiger partial charge < -0.3 is 33.9 Å². The lowest BCUT2D eigenvalue weighted by atomic mass is 9.76. The second-order valence-electron chi connectivity index (χ2n) is 18.7. The second kappa shape index (κ2) is 18.8. The molecule has 15 nitrogen and oxygen atoms in total. The van der Waals surface area contributed by atoms with Gasteiger partial charge in [-0.05, 0) is 126 Å². The maximum Gasteiger partial charge on any atom is 0.410 e. The van der Waals surface area contributed by atoms with Gasteiger partial charge in [-0.25, -0.2) is 15.1 Å². The van der Waals surface area contributed by atoms with Crippen LogP contribution in [0, 0.1) is 10.8 Å². The third-order valence-electron chi connectivity index (χ3n) is 12.0. The van der Waals surface area contributed by atoms with E-state index in [0.29, 0.717) is 52.1 Å². The molecule has 4 aliphatic rings. The quantitative estimate of drug-likeness (QED) is 0.205. The number of methoxy groups -OCH3 is 2.